The maximum atomic E-state index is 12.9. The predicted molar refractivity (Wildman–Crippen MR) is 145 cm³/mol. The minimum Gasteiger partial charge on any atom is -0.489 e. The Morgan fingerprint density at radius 1 is 0.889 bits per heavy atom. The Morgan fingerprint density at radius 3 is 2.33 bits per heavy atom. The Hall–Kier alpha value is -4.04. The molecule has 178 valence electrons. The molecule has 0 aliphatic rings. The van der Waals surface area contributed by atoms with Crippen LogP contribution in [0.5, 0.6) is 5.75 Å². The minimum atomic E-state index is -0.515. The molecule has 0 aromatic heterocycles. The number of ether oxygens (including phenoxy) is 1. The molecular formula is C30H22Cl2N2O2. The summed E-state index contributed by atoms with van der Waals surface area (Å²) in [5, 5.41) is 13.6. The first-order valence-electron chi connectivity index (χ1n) is 11.2. The zero-order valence-corrected chi connectivity index (χ0v) is 20.8. The van der Waals surface area contributed by atoms with Crippen molar-refractivity contribution in [2.24, 2.45) is 0 Å². The van der Waals surface area contributed by atoms with Crippen LogP contribution in [0.15, 0.2) is 103 Å². The van der Waals surface area contributed by atoms with Crippen LogP contribution in [0.4, 0.5) is 5.69 Å². The monoisotopic (exact) mass is 512 g/mol. The van der Waals surface area contributed by atoms with E-state index in [1.54, 1.807) is 42.5 Å². The molecule has 0 spiro atoms. The highest BCUT2D eigenvalue weighted by atomic mass is 35.5. The van der Waals surface area contributed by atoms with Crippen LogP contribution in [0.25, 0.3) is 6.08 Å². The van der Waals surface area contributed by atoms with Gasteiger partial charge in [-0.1, -0.05) is 77.8 Å². The number of benzene rings is 4. The third-order valence-electron chi connectivity index (χ3n) is 5.47. The summed E-state index contributed by atoms with van der Waals surface area (Å²) < 4.78 is 5.78. The summed E-state index contributed by atoms with van der Waals surface area (Å²) in [6.45, 7) is 0.448. The number of hydrogen-bond donors (Lipinski definition) is 1. The molecule has 4 rings (SSSR count). The summed E-state index contributed by atoms with van der Waals surface area (Å²) in [7, 11) is 0. The van der Waals surface area contributed by atoms with Crippen LogP contribution < -0.4 is 10.1 Å². The number of halogens is 2. The van der Waals surface area contributed by atoms with Gasteiger partial charge in [-0.05, 0) is 77.2 Å². The van der Waals surface area contributed by atoms with Crippen LogP contribution in [0, 0.1) is 11.3 Å². The van der Waals surface area contributed by atoms with Crippen LogP contribution in [0.1, 0.15) is 22.3 Å². The molecule has 4 aromatic rings. The molecule has 0 saturated carbocycles. The van der Waals surface area contributed by atoms with Crippen molar-refractivity contribution >= 4 is 40.9 Å². The molecule has 4 aromatic carbocycles. The van der Waals surface area contributed by atoms with Crippen molar-refractivity contribution < 1.29 is 9.53 Å². The lowest BCUT2D eigenvalue weighted by Crippen LogP contribution is -2.13. The first-order valence-corrected chi connectivity index (χ1v) is 12.0. The molecule has 0 aliphatic carbocycles. The van der Waals surface area contributed by atoms with E-state index >= 15 is 0 Å². The van der Waals surface area contributed by atoms with E-state index in [4.69, 9.17) is 27.9 Å². The van der Waals surface area contributed by atoms with Gasteiger partial charge >= 0.3 is 0 Å². The van der Waals surface area contributed by atoms with E-state index in [-0.39, 0.29) is 5.57 Å². The van der Waals surface area contributed by atoms with E-state index in [1.807, 2.05) is 66.7 Å². The van der Waals surface area contributed by atoms with E-state index in [0.29, 0.717) is 40.1 Å². The number of carbonyl (C=O) groups is 1. The fourth-order valence-electron chi connectivity index (χ4n) is 3.59. The maximum Gasteiger partial charge on any atom is 0.266 e. The lowest BCUT2D eigenvalue weighted by Gasteiger charge is -2.10. The first-order chi connectivity index (χ1) is 17.5. The fraction of sp³-hybridized carbons (Fsp3) is 0.0667. The zero-order chi connectivity index (χ0) is 25.3. The van der Waals surface area contributed by atoms with Gasteiger partial charge in [-0.15, -0.1) is 0 Å². The van der Waals surface area contributed by atoms with Gasteiger partial charge in [0.2, 0.25) is 0 Å². The van der Waals surface area contributed by atoms with Crippen molar-refractivity contribution in [1.29, 1.82) is 5.26 Å². The van der Waals surface area contributed by atoms with Gasteiger partial charge < -0.3 is 10.1 Å². The number of nitrogens with one attached hydrogen (secondary N) is 1. The van der Waals surface area contributed by atoms with E-state index < -0.39 is 5.91 Å². The molecule has 0 radical (unpaired) electrons. The number of anilines is 1. The van der Waals surface area contributed by atoms with Gasteiger partial charge in [0.15, 0.2) is 0 Å². The number of nitrogens with zero attached hydrogens (tertiary/aromatic N) is 1. The Balaban J connectivity index is 1.47. The summed E-state index contributed by atoms with van der Waals surface area (Å²) in [5.74, 6) is 0.162. The minimum absolute atomic E-state index is 0.0397. The van der Waals surface area contributed by atoms with Crippen molar-refractivity contribution in [3.05, 3.63) is 135 Å². The van der Waals surface area contributed by atoms with E-state index in [0.717, 1.165) is 16.7 Å². The smallest absolute Gasteiger partial charge is 0.266 e. The summed E-state index contributed by atoms with van der Waals surface area (Å²) in [6.07, 6.45) is 2.08. The van der Waals surface area contributed by atoms with Crippen LogP contribution in [-0.4, -0.2) is 5.91 Å². The van der Waals surface area contributed by atoms with Gasteiger partial charge in [0.25, 0.3) is 5.91 Å². The maximum absolute atomic E-state index is 12.9. The largest absolute Gasteiger partial charge is 0.489 e. The van der Waals surface area contributed by atoms with Crippen LogP contribution >= 0.6 is 23.2 Å². The summed E-state index contributed by atoms with van der Waals surface area (Å²) >= 11 is 12.5. The summed E-state index contributed by atoms with van der Waals surface area (Å²) in [6, 6.07) is 31.8. The van der Waals surface area contributed by atoms with Crippen LogP contribution in [0.3, 0.4) is 0 Å². The van der Waals surface area contributed by atoms with Gasteiger partial charge in [-0.25, -0.2) is 0 Å². The number of carbonyl (C=O) groups excluding carboxylic acids is 1. The molecule has 0 unspecified atom stereocenters. The van der Waals surface area contributed by atoms with Gasteiger partial charge in [0.1, 0.15) is 24.0 Å². The second-order valence-electron chi connectivity index (χ2n) is 8.03. The average Bonchev–Trinajstić information content (AvgIpc) is 2.90. The third kappa shape index (κ3) is 6.76. The molecule has 1 N–H and O–H groups in total. The van der Waals surface area contributed by atoms with Crippen molar-refractivity contribution in [3.63, 3.8) is 0 Å². The molecular weight excluding hydrogens is 491 g/mol. The topological polar surface area (TPSA) is 62.1 Å². The predicted octanol–water partition coefficient (Wildman–Crippen LogP) is 7.71. The molecule has 0 heterocycles. The molecule has 0 bridgehead atoms. The molecule has 1 amide bonds. The first kappa shape index (κ1) is 25.1. The van der Waals surface area contributed by atoms with Gasteiger partial charge in [0, 0.05) is 15.7 Å². The number of amides is 1. The standard InChI is InChI=1S/C30H22Cl2N2O2/c31-26-11-10-22(16-23-8-4-5-9-29(23)32)24(18-26)17-25(19-33)30(35)34-27-12-14-28(15-13-27)36-20-21-6-2-1-3-7-21/h1-15,17-18H,16,20H2,(H,34,35)/b25-17+. The number of hydrogen-bond acceptors (Lipinski definition) is 3. The lowest BCUT2D eigenvalue weighted by molar-refractivity contribution is -0.112. The van der Waals surface area contributed by atoms with Crippen molar-refractivity contribution in [1.82, 2.24) is 0 Å². The van der Waals surface area contributed by atoms with Crippen molar-refractivity contribution in [3.8, 4) is 11.8 Å². The number of rotatable bonds is 8. The molecule has 6 heteroatoms. The van der Waals surface area contributed by atoms with E-state index in [9.17, 15) is 10.1 Å². The average molecular weight is 513 g/mol. The second-order valence-corrected chi connectivity index (χ2v) is 8.88. The van der Waals surface area contributed by atoms with Gasteiger partial charge in [-0.3, -0.25) is 4.79 Å². The number of nitriles is 1. The van der Waals surface area contributed by atoms with Crippen molar-refractivity contribution in [2.75, 3.05) is 5.32 Å². The molecule has 36 heavy (non-hydrogen) atoms. The van der Waals surface area contributed by atoms with Crippen molar-refractivity contribution in [2.45, 2.75) is 13.0 Å². The highest BCUT2D eigenvalue weighted by Crippen LogP contribution is 2.25. The molecule has 4 nitrogen and oxygen atoms in total. The molecule has 0 saturated heterocycles. The molecule has 0 atom stereocenters. The van der Waals surface area contributed by atoms with Gasteiger partial charge in [-0.2, -0.15) is 5.26 Å². The Labute approximate surface area is 220 Å². The second kappa shape index (κ2) is 12.1. The third-order valence-corrected chi connectivity index (χ3v) is 6.08. The SMILES string of the molecule is N#C/C(=C\c1cc(Cl)ccc1Cc1ccccc1Cl)C(=O)Nc1ccc(OCc2ccccc2)cc1. The fourth-order valence-corrected chi connectivity index (χ4v) is 3.97. The summed E-state index contributed by atoms with van der Waals surface area (Å²) in [4.78, 5) is 12.9. The Bertz CT molecular complexity index is 1430. The highest BCUT2D eigenvalue weighted by Gasteiger charge is 2.13. The van der Waals surface area contributed by atoms with E-state index in [2.05, 4.69) is 5.32 Å². The Morgan fingerprint density at radius 2 is 1.61 bits per heavy atom. The van der Waals surface area contributed by atoms with E-state index in [1.165, 1.54) is 0 Å². The normalized spacial score (nSPS) is 11.0. The summed E-state index contributed by atoms with van der Waals surface area (Å²) in [5.41, 5.74) is 4.09. The van der Waals surface area contributed by atoms with Crippen LogP contribution in [0.2, 0.25) is 10.0 Å². The van der Waals surface area contributed by atoms with Crippen LogP contribution in [-0.2, 0) is 17.8 Å². The quantitative estimate of drug-likeness (QED) is 0.194. The Kier molecular flexibility index (Phi) is 8.41. The van der Waals surface area contributed by atoms with Gasteiger partial charge in [0.05, 0.1) is 0 Å². The highest BCUT2D eigenvalue weighted by molar-refractivity contribution is 6.31. The lowest BCUT2D eigenvalue weighted by atomic mass is 9.98. The molecule has 0 fully saturated rings. The molecule has 0 aliphatic heterocycles. The zero-order valence-electron chi connectivity index (χ0n) is 19.2.